The molecule has 0 aliphatic carbocycles. The number of para-hydroxylation sites is 2. The zero-order chi connectivity index (χ0) is 21.7. The normalized spacial score (nSPS) is 16.5. The van der Waals surface area contributed by atoms with Crippen molar-refractivity contribution in [3.63, 3.8) is 0 Å². The van der Waals surface area contributed by atoms with Crippen LogP contribution in [-0.2, 0) is 19.6 Å². The monoisotopic (exact) mass is 451 g/mol. The number of hydrogen-bond donors (Lipinski definition) is 2. The van der Waals surface area contributed by atoms with E-state index in [1.807, 2.05) is 0 Å². The van der Waals surface area contributed by atoms with Crippen LogP contribution in [0.3, 0.4) is 0 Å². The minimum atomic E-state index is -3.69. The highest BCUT2D eigenvalue weighted by Gasteiger charge is 2.36. The van der Waals surface area contributed by atoms with Gasteiger partial charge in [-0.15, -0.1) is 0 Å². The number of amides is 2. The molecule has 2 aromatic carbocycles. The van der Waals surface area contributed by atoms with E-state index in [4.69, 9.17) is 16.3 Å². The van der Waals surface area contributed by atoms with E-state index < -0.39 is 15.9 Å². The lowest BCUT2D eigenvalue weighted by molar-refractivity contribution is -0.126. The molecule has 1 atom stereocenters. The second-order valence-corrected chi connectivity index (χ2v) is 8.92. The van der Waals surface area contributed by atoms with Gasteiger partial charge in [-0.05, 0) is 36.4 Å². The first kappa shape index (κ1) is 22.1. The van der Waals surface area contributed by atoms with Crippen LogP contribution >= 0.6 is 11.6 Å². The maximum Gasteiger partial charge on any atom is 0.240 e. The second kappa shape index (κ2) is 9.46. The minimum Gasteiger partial charge on any atom is -0.495 e. The van der Waals surface area contributed by atoms with Crippen molar-refractivity contribution in [1.82, 2.24) is 10.0 Å². The van der Waals surface area contributed by atoms with Gasteiger partial charge < -0.3 is 15.0 Å². The Bertz CT molecular complexity index is 1030. The van der Waals surface area contributed by atoms with Gasteiger partial charge in [0.1, 0.15) is 5.75 Å². The number of hydrogen-bond acceptors (Lipinski definition) is 5. The lowest BCUT2D eigenvalue weighted by Crippen LogP contribution is -2.38. The Balaban J connectivity index is 1.51. The van der Waals surface area contributed by atoms with E-state index in [9.17, 15) is 18.0 Å². The van der Waals surface area contributed by atoms with E-state index >= 15 is 0 Å². The Morgan fingerprint density at radius 1 is 1.17 bits per heavy atom. The molecule has 1 saturated heterocycles. The molecule has 1 aliphatic heterocycles. The molecule has 0 spiro atoms. The van der Waals surface area contributed by atoms with Crippen LogP contribution in [0.2, 0.25) is 5.02 Å². The molecule has 2 aromatic rings. The third-order valence-electron chi connectivity index (χ3n) is 4.71. The minimum absolute atomic E-state index is 0.0214. The van der Waals surface area contributed by atoms with Gasteiger partial charge >= 0.3 is 0 Å². The van der Waals surface area contributed by atoms with Gasteiger partial charge in [0.15, 0.2) is 0 Å². The first-order valence-electron chi connectivity index (χ1n) is 9.28. The molecule has 8 nitrogen and oxygen atoms in total. The Morgan fingerprint density at radius 3 is 2.57 bits per heavy atom. The van der Waals surface area contributed by atoms with Gasteiger partial charge in [-0.1, -0.05) is 23.7 Å². The molecular weight excluding hydrogens is 430 g/mol. The highest BCUT2D eigenvalue weighted by molar-refractivity contribution is 7.89. The summed E-state index contributed by atoms with van der Waals surface area (Å²) in [6.07, 6.45) is 0.0837. The Kier molecular flexibility index (Phi) is 6.96. The summed E-state index contributed by atoms with van der Waals surface area (Å²) >= 11 is 5.77. The number of nitrogens with one attached hydrogen (secondary N) is 2. The molecule has 30 heavy (non-hydrogen) atoms. The molecule has 1 heterocycles. The highest BCUT2D eigenvalue weighted by atomic mass is 35.5. The van der Waals surface area contributed by atoms with Crippen molar-refractivity contribution in [3.8, 4) is 5.75 Å². The molecule has 10 heteroatoms. The van der Waals surface area contributed by atoms with Gasteiger partial charge in [0.05, 0.1) is 23.6 Å². The third-order valence-corrected chi connectivity index (χ3v) is 6.44. The van der Waals surface area contributed by atoms with Crippen molar-refractivity contribution in [1.29, 1.82) is 0 Å². The van der Waals surface area contributed by atoms with Crippen molar-refractivity contribution in [2.24, 2.45) is 5.92 Å². The number of rotatable bonds is 8. The van der Waals surface area contributed by atoms with Crippen LogP contribution < -0.4 is 19.7 Å². The molecule has 0 radical (unpaired) electrons. The summed E-state index contributed by atoms with van der Waals surface area (Å²) < 4.78 is 32.1. The molecule has 2 amide bonds. The maximum atomic E-state index is 12.4. The summed E-state index contributed by atoms with van der Waals surface area (Å²) in [5.74, 6) is -0.423. The van der Waals surface area contributed by atoms with Crippen LogP contribution in [0.1, 0.15) is 6.42 Å². The van der Waals surface area contributed by atoms with Gasteiger partial charge in [0.25, 0.3) is 0 Å². The number of carbonyl (C=O) groups is 2. The molecule has 3 rings (SSSR count). The topological polar surface area (TPSA) is 105 Å². The van der Waals surface area contributed by atoms with Gasteiger partial charge in [-0.2, -0.15) is 0 Å². The average molecular weight is 452 g/mol. The van der Waals surface area contributed by atoms with Gasteiger partial charge in [0, 0.05) is 31.1 Å². The molecule has 1 fully saturated rings. The number of carbonyl (C=O) groups excluding carboxylic acids is 2. The largest absolute Gasteiger partial charge is 0.495 e. The lowest BCUT2D eigenvalue weighted by atomic mass is 10.1. The average Bonchev–Trinajstić information content (AvgIpc) is 3.13. The van der Waals surface area contributed by atoms with E-state index in [-0.39, 0.29) is 42.8 Å². The Labute approximate surface area is 180 Å². The molecule has 0 unspecified atom stereocenters. The summed E-state index contributed by atoms with van der Waals surface area (Å²) in [6, 6.07) is 12.9. The van der Waals surface area contributed by atoms with Crippen molar-refractivity contribution >= 4 is 39.1 Å². The molecule has 0 aromatic heterocycles. The third kappa shape index (κ3) is 5.10. The summed E-state index contributed by atoms with van der Waals surface area (Å²) in [5.41, 5.74) is 0.621. The Hall–Kier alpha value is -2.62. The van der Waals surface area contributed by atoms with Crippen LogP contribution in [-0.4, -0.2) is 47.0 Å². The van der Waals surface area contributed by atoms with E-state index in [1.54, 1.807) is 24.3 Å². The molecule has 1 aliphatic rings. The highest BCUT2D eigenvalue weighted by Crippen LogP contribution is 2.32. The number of nitrogens with zero attached hydrogens (tertiary/aromatic N) is 1. The summed E-state index contributed by atoms with van der Waals surface area (Å²) in [4.78, 5) is 26.5. The number of ether oxygens (including phenoxy) is 1. The van der Waals surface area contributed by atoms with Gasteiger partial charge in [-0.25, -0.2) is 13.1 Å². The standard InChI is InChI=1S/C20H22ClN3O5S/c1-29-18-5-3-2-4-17(18)24-13-14(12-19(24)25)20(26)22-10-11-23-30(27,28)16-8-6-15(21)7-9-16/h2-9,14,23H,10-13H2,1H3,(H,22,26)/t14-/m0/s1. The first-order valence-corrected chi connectivity index (χ1v) is 11.1. The lowest BCUT2D eigenvalue weighted by Gasteiger charge is -2.19. The van der Waals surface area contributed by atoms with E-state index in [1.165, 1.54) is 36.3 Å². The van der Waals surface area contributed by atoms with Crippen molar-refractivity contribution in [3.05, 3.63) is 53.6 Å². The van der Waals surface area contributed by atoms with Crippen LogP contribution in [0.4, 0.5) is 5.69 Å². The Morgan fingerprint density at radius 2 is 1.87 bits per heavy atom. The fourth-order valence-corrected chi connectivity index (χ4v) is 4.34. The van der Waals surface area contributed by atoms with Crippen LogP contribution in [0.5, 0.6) is 5.75 Å². The van der Waals surface area contributed by atoms with Crippen molar-refractivity contribution in [2.45, 2.75) is 11.3 Å². The van der Waals surface area contributed by atoms with Gasteiger partial charge in [-0.3, -0.25) is 9.59 Å². The number of anilines is 1. The van der Waals surface area contributed by atoms with Crippen molar-refractivity contribution in [2.75, 3.05) is 31.6 Å². The summed E-state index contributed by atoms with van der Waals surface area (Å²) in [7, 11) is -2.17. The predicted molar refractivity (Wildman–Crippen MR) is 113 cm³/mol. The van der Waals surface area contributed by atoms with Crippen molar-refractivity contribution < 1.29 is 22.7 Å². The number of benzene rings is 2. The molecule has 2 N–H and O–H groups in total. The molecule has 0 saturated carbocycles. The predicted octanol–water partition coefficient (Wildman–Crippen LogP) is 1.80. The quantitative estimate of drug-likeness (QED) is 0.595. The van der Waals surface area contributed by atoms with E-state index in [2.05, 4.69) is 10.0 Å². The molecule has 0 bridgehead atoms. The fraction of sp³-hybridized carbons (Fsp3) is 0.300. The summed E-state index contributed by atoms with van der Waals surface area (Å²) in [6.45, 7) is 0.361. The first-order chi connectivity index (χ1) is 14.3. The smallest absolute Gasteiger partial charge is 0.240 e. The second-order valence-electron chi connectivity index (χ2n) is 6.72. The fourth-order valence-electron chi connectivity index (χ4n) is 3.18. The van der Waals surface area contributed by atoms with Gasteiger partial charge in [0.2, 0.25) is 21.8 Å². The van der Waals surface area contributed by atoms with Crippen LogP contribution in [0, 0.1) is 5.92 Å². The van der Waals surface area contributed by atoms with E-state index in [0.717, 1.165) is 0 Å². The number of halogens is 1. The van der Waals surface area contributed by atoms with E-state index in [0.29, 0.717) is 16.5 Å². The zero-order valence-electron chi connectivity index (χ0n) is 16.3. The van der Waals surface area contributed by atoms with Crippen LogP contribution in [0.15, 0.2) is 53.4 Å². The number of methoxy groups -OCH3 is 1. The molecular formula is C20H22ClN3O5S. The zero-order valence-corrected chi connectivity index (χ0v) is 17.9. The van der Waals surface area contributed by atoms with Crippen LogP contribution in [0.25, 0.3) is 0 Å². The summed E-state index contributed by atoms with van der Waals surface area (Å²) in [5, 5.41) is 3.12. The maximum absolute atomic E-state index is 12.4. The molecule has 160 valence electrons. The number of sulfonamides is 1. The SMILES string of the molecule is COc1ccccc1N1C[C@@H](C(=O)NCCNS(=O)(=O)c2ccc(Cl)cc2)CC1=O.